The summed E-state index contributed by atoms with van der Waals surface area (Å²) in [6.07, 6.45) is -1.67. The first kappa shape index (κ1) is 22.8. The zero-order valence-corrected chi connectivity index (χ0v) is 17.0. The van der Waals surface area contributed by atoms with Crippen molar-refractivity contribution < 1.29 is 31.5 Å². The fourth-order valence-corrected chi connectivity index (χ4v) is 3.38. The van der Waals surface area contributed by atoms with Crippen molar-refractivity contribution >= 4 is 11.6 Å². The number of hydrogen-bond acceptors (Lipinski definition) is 5. The number of carbonyl (C=O) groups is 1. The van der Waals surface area contributed by atoms with Crippen molar-refractivity contribution in [3.63, 3.8) is 0 Å². The zero-order valence-electron chi connectivity index (χ0n) is 17.0. The van der Waals surface area contributed by atoms with Gasteiger partial charge < -0.3 is 15.4 Å². The number of halogens is 5. The Bertz CT molecular complexity index is 1160. The lowest BCUT2D eigenvalue weighted by atomic mass is 10.1. The summed E-state index contributed by atoms with van der Waals surface area (Å²) in [6, 6.07) is 3.68. The van der Waals surface area contributed by atoms with Crippen molar-refractivity contribution in [3.8, 4) is 5.82 Å². The minimum absolute atomic E-state index is 0.0335. The SMILES string of the molecule is O=C(Cc1cccc(C(F)(F)F)c1F)Nc1cnc(-n2cnc(C3CNCCO3)c2)c(F)c1. The smallest absolute Gasteiger partial charge is 0.369 e. The average Bonchev–Trinajstić information content (AvgIpc) is 3.25. The van der Waals surface area contributed by atoms with Crippen LogP contribution < -0.4 is 10.6 Å². The molecule has 3 aromatic rings. The minimum Gasteiger partial charge on any atom is -0.369 e. The highest BCUT2D eigenvalue weighted by Crippen LogP contribution is 2.32. The predicted octanol–water partition coefficient (Wildman–Crippen LogP) is 3.41. The quantitative estimate of drug-likeness (QED) is 0.563. The van der Waals surface area contributed by atoms with E-state index >= 15 is 0 Å². The number of alkyl halides is 3. The van der Waals surface area contributed by atoms with Gasteiger partial charge in [-0.15, -0.1) is 0 Å². The fraction of sp³-hybridized carbons (Fsp3) is 0.286. The van der Waals surface area contributed by atoms with Crippen LogP contribution in [0.15, 0.2) is 43.0 Å². The summed E-state index contributed by atoms with van der Waals surface area (Å²) in [4.78, 5) is 20.4. The van der Waals surface area contributed by atoms with Crippen LogP contribution in [0, 0.1) is 11.6 Å². The molecule has 1 amide bonds. The molecule has 1 fully saturated rings. The van der Waals surface area contributed by atoms with Gasteiger partial charge in [-0.25, -0.2) is 18.7 Å². The Morgan fingerprint density at radius 1 is 1.27 bits per heavy atom. The molecule has 1 aliphatic heterocycles. The molecule has 1 aliphatic rings. The van der Waals surface area contributed by atoms with E-state index in [0.717, 1.165) is 24.7 Å². The van der Waals surface area contributed by atoms with Gasteiger partial charge in [0.05, 0.1) is 36.2 Å². The van der Waals surface area contributed by atoms with Crippen molar-refractivity contribution in [3.05, 3.63) is 71.4 Å². The molecule has 1 aromatic carbocycles. The van der Waals surface area contributed by atoms with Crippen LogP contribution in [0.2, 0.25) is 0 Å². The number of imidazole rings is 1. The largest absolute Gasteiger partial charge is 0.419 e. The predicted molar refractivity (Wildman–Crippen MR) is 107 cm³/mol. The highest BCUT2D eigenvalue weighted by molar-refractivity contribution is 5.92. The number of rotatable bonds is 5. The number of ether oxygens (including phenoxy) is 1. The summed E-state index contributed by atoms with van der Waals surface area (Å²) in [5.41, 5.74) is -1.32. The molecule has 4 rings (SSSR count). The Balaban J connectivity index is 1.45. The van der Waals surface area contributed by atoms with Crippen LogP contribution in [0.5, 0.6) is 0 Å². The average molecular weight is 467 g/mol. The molecule has 7 nitrogen and oxygen atoms in total. The molecule has 0 bridgehead atoms. The van der Waals surface area contributed by atoms with Crippen molar-refractivity contribution in [2.75, 3.05) is 25.0 Å². The number of morpholine rings is 1. The Kier molecular flexibility index (Phi) is 6.38. The molecule has 2 aromatic heterocycles. The maximum Gasteiger partial charge on any atom is 0.419 e. The summed E-state index contributed by atoms with van der Waals surface area (Å²) in [7, 11) is 0. The monoisotopic (exact) mass is 467 g/mol. The van der Waals surface area contributed by atoms with Gasteiger partial charge >= 0.3 is 6.18 Å². The van der Waals surface area contributed by atoms with Gasteiger partial charge in [-0.3, -0.25) is 9.36 Å². The molecule has 0 radical (unpaired) electrons. The van der Waals surface area contributed by atoms with Crippen LogP contribution in [0.3, 0.4) is 0 Å². The molecule has 174 valence electrons. The summed E-state index contributed by atoms with van der Waals surface area (Å²) in [5, 5.41) is 5.48. The van der Waals surface area contributed by atoms with Crippen molar-refractivity contribution in [1.82, 2.24) is 19.9 Å². The third kappa shape index (κ3) is 5.17. The number of anilines is 1. The molecule has 1 saturated heterocycles. The van der Waals surface area contributed by atoms with Gasteiger partial charge in [0.25, 0.3) is 0 Å². The molecule has 12 heteroatoms. The van der Waals surface area contributed by atoms with Crippen LogP contribution in [-0.4, -0.2) is 40.1 Å². The van der Waals surface area contributed by atoms with Gasteiger partial charge in [0.2, 0.25) is 5.91 Å². The van der Waals surface area contributed by atoms with Gasteiger partial charge in [-0.05, 0) is 11.6 Å². The van der Waals surface area contributed by atoms with E-state index in [9.17, 15) is 26.7 Å². The topological polar surface area (TPSA) is 81.1 Å². The molecular formula is C21H18F5N5O2. The van der Waals surface area contributed by atoms with Crippen molar-refractivity contribution in [2.24, 2.45) is 0 Å². The van der Waals surface area contributed by atoms with E-state index in [4.69, 9.17) is 4.74 Å². The lowest BCUT2D eigenvalue weighted by Gasteiger charge is -2.21. The second kappa shape index (κ2) is 9.24. The molecule has 0 spiro atoms. The third-order valence-corrected chi connectivity index (χ3v) is 4.95. The summed E-state index contributed by atoms with van der Waals surface area (Å²) < 4.78 is 74.2. The maximum absolute atomic E-state index is 14.6. The van der Waals surface area contributed by atoms with E-state index in [1.165, 1.54) is 17.1 Å². The van der Waals surface area contributed by atoms with E-state index in [1.54, 1.807) is 6.20 Å². The number of benzene rings is 1. The first-order chi connectivity index (χ1) is 15.7. The van der Waals surface area contributed by atoms with E-state index in [1.807, 2.05) is 0 Å². The second-order valence-corrected chi connectivity index (χ2v) is 7.30. The first-order valence-electron chi connectivity index (χ1n) is 9.89. The molecular weight excluding hydrogens is 449 g/mol. The van der Waals surface area contributed by atoms with E-state index in [2.05, 4.69) is 20.6 Å². The molecule has 33 heavy (non-hydrogen) atoms. The van der Waals surface area contributed by atoms with E-state index < -0.39 is 41.3 Å². The van der Waals surface area contributed by atoms with Crippen LogP contribution >= 0.6 is 0 Å². The molecule has 0 saturated carbocycles. The zero-order chi connectivity index (χ0) is 23.6. The maximum atomic E-state index is 14.6. The number of nitrogens with zero attached hydrogens (tertiary/aromatic N) is 3. The van der Waals surface area contributed by atoms with E-state index in [-0.39, 0.29) is 17.6 Å². The molecule has 1 unspecified atom stereocenters. The number of amides is 1. The van der Waals surface area contributed by atoms with Crippen molar-refractivity contribution in [2.45, 2.75) is 18.7 Å². The van der Waals surface area contributed by atoms with Gasteiger partial charge in [0.1, 0.15) is 18.2 Å². The van der Waals surface area contributed by atoms with Gasteiger partial charge in [-0.1, -0.05) is 12.1 Å². The Morgan fingerprint density at radius 2 is 2.09 bits per heavy atom. The molecule has 3 heterocycles. The Labute approximate surface area is 184 Å². The summed E-state index contributed by atoms with van der Waals surface area (Å²) in [5.74, 6) is -3.19. The van der Waals surface area contributed by atoms with Gasteiger partial charge in [-0.2, -0.15) is 13.2 Å². The van der Waals surface area contributed by atoms with Crippen LogP contribution in [0.25, 0.3) is 5.82 Å². The fourth-order valence-electron chi connectivity index (χ4n) is 3.38. The lowest BCUT2D eigenvalue weighted by Crippen LogP contribution is -2.33. The van der Waals surface area contributed by atoms with Crippen LogP contribution in [0.4, 0.5) is 27.6 Å². The normalized spacial score (nSPS) is 16.6. The number of carbonyl (C=O) groups excluding carboxylic acids is 1. The van der Waals surface area contributed by atoms with Crippen molar-refractivity contribution in [1.29, 1.82) is 0 Å². The number of nitrogens with one attached hydrogen (secondary N) is 2. The highest BCUT2D eigenvalue weighted by Gasteiger charge is 2.35. The van der Waals surface area contributed by atoms with Crippen LogP contribution in [0.1, 0.15) is 22.9 Å². The van der Waals surface area contributed by atoms with Gasteiger partial charge in [0, 0.05) is 25.4 Å². The van der Waals surface area contributed by atoms with Crippen LogP contribution in [-0.2, 0) is 22.1 Å². The molecule has 0 aliphatic carbocycles. The first-order valence-corrected chi connectivity index (χ1v) is 9.89. The summed E-state index contributed by atoms with van der Waals surface area (Å²) in [6.45, 7) is 1.84. The number of aromatic nitrogens is 3. The second-order valence-electron chi connectivity index (χ2n) is 7.30. The molecule has 2 N–H and O–H groups in total. The molecule has 1 atom stereocenters. The number of pyridine rings is 1. The Hall–Kier alpha value is -3.38. The van der Waals surface area contributed by atoms with E-state index in [0.29, 0.717) is 24.9 Å². The lowest BCUT2D eigenvalue weighted by molar-refractivity contribution is -0.140. The third-order valence-electron chi connectivity index (χ3n) is 4.95. The van der Waals surface area contributed by atoms with Gasteiger partial charge in [0.15, 0.2) is 11.6 Å². The summed E-state index contributed by atoms with van der Waals surface area (Å²) >= 11 is 0. The number of hydrogen-bond donors (Lipinski definition) is 2. The Morgan fingerprint density at radius 3 is 2.79 bits per heavy atom. The minimum atomic E-state index is -4.88. The standard InChI is InChI=1S/C21H18F5N5O2/c22-15-7-13(30-18(32)6-12-2-1-3-14(19(12)23)21(24,25)26)8-28-20(15)31-10-16(29-11-31)17-9-27-4-5-33-17/h1-3,7-8,10-11,17,27H,4-6,9H2,(H,30,32). The highest BCUT2D eigenvalue weighted by atomic mass is 19.4.